The van der Waals surface area contributed by atoms with Crippen molar-refractivity contribution < 1.29 is 14.7 Å². The molecule has 2 unspecified atom stereocenters. The molecule has 1 aliphatic rings. The maximum absolute atomic E-state index is 12.3. The lowest BCUT2D eigenvalue weighted by molar-refractivity contribution is 0.0696. The quantitative estimate of drug-likeness (QED) is 0.909. The Kier molecular flexibility index (Phi) is 4.42. The van der Waals surface area contributed by atoms with Crippen LogP contribution in [-0.4, -0.2) is 23.0 Å². The van der Waals surface area contributed by atoms with E-state index in [9.17, 15) is 9.59 Å². The largest absolute Gasteiger partial charge is 0.478 e. The number of hydrogen-bond donors (Lipinski definition) is 2. The molecule has 4 heteroatoms. The number of aromatic carboxylic acids is 1. The third kappa shape index (κ3) is 3.42. The number of nitrogens with one attached hydrogen (secondary N) is 1. The second-order valence-electron chi connectivity index (χ2n) is 5.91. The minimum absolute atomic E-state index is 0.0512. The van der Waals surface area contributed by atoms with E-state index >= 15 is 0 Å². The van der Waals surface area contributed by atoms with Crippen molar-refractivity contribution in [3.8, 4) is 0 Å². The molecule has 0 bridgehead atoms. The molecule has 1 fully saturated rings. The molecule has 0 radical (unpaired) electrons. The van der Waals surface area contributed by atoms with Gasteiger partial charge in [0.15, 0.2) is 0 Å². The molecule has 2 N–H and O–H groups in total. The van der Waals surface area contributed by atoms with Gasteiger partial charge < -0.3 is 10.4 Å². The predicted octanol–water partition coefficient (Wildman–Crippen LogP) is 3.45. The van der Waals surface area contributed by atoms with Crippen LogP contribution in [0.25, 0.3) is 0 Å². The SMILES string of the molecule is O=C(O)c1ccc(C2CCCC2NC(=O)c2ccccc2)cc1. The molecule has 118 valence electrons. The van der Waals surface area contributed by atoms with Gasteiger partial charge in [0.1, 0.15) is 0 Å². The Morgan fingerprint density at radius 1 is 0.913 bits per heavy atom. The summed E-state index contributed by atoms with van der Waals surface area (Å²) in [5.41, 5.74) is 2.04. The van der Waals surface area contributed by atoms with Gasteiger partial charge in [-0.15, -0.1) is 0 Å². The number of carboxylic acids is 1. The second kappa shape index (κ2) is 6.65. The van der Waals surface area contributed by atoms with Crippen LogP contribution in [0, 0.1) is 0 Å². The van der Waals surface area contributed by atoms with Crippen LogP contribution in [0.3, 0.4) is 0 Å². The minimum Gasteiger partial charge on any atom is -0.478 e. The first-order chi connectivity index (χ1) is 11.1. The van der Waals surface area contributed by atoms with Gasteiger partial charge in [-0.25, -0.2) is 4.79 Å². The molecule has 3 rings (SSSR count). The summed E-state index contributed by atoms with van der Waals surface area (Å²) in [6, 6.07) is 16.3. The van der Waals surface area contributed by atoms with Gasteiger partial charge in [-0.05, 0) is 42.7 Å². The smallest absolute Gasteiger partial charge is 0.335 e. The number of amides is 1. The summed E-state index contributed by atoms with van der Waals surface area (Å²) in [5, 5.41) is 12.1. The van der Waals surface area contributed by atoms with Gasteiger partial charge in [-0.3, -0.25) is 4.79 Å². The van der Waals surface area contributed by atoms with Crippen LogP contribution in [0.1, 0.15) is 51.5 Å². The fraction of sp³-hybridized carbons (Fsp3) is 0.263. The molecule has 0 aliphatic heterocycles. The van der Waals surface area contributed by atoms with Gasteiger partial charge in [-0.1, -0.05) is 36.8 Å². The first kappa shape index (κ1) is 15.3. The standard InChI is InChI=1S/C19H19NO3/c21-18(14-5-2-1-3-6-14)20-17-8-4-7-16(17)13-9-11-15(12-10-13)19(22)23/h1-3,5-6,9-12,16-17H,4,7-8H2,(H,20,21)(H,22,23). The van der Waals surface area contributed by atoms with Gasteiger partial charge in [0.25, 0.3) is 5.91 Å². The van der Waals surface area contributed by atoms with Crippen LogP contribution in [0.5, 0.6) is 0 Å². The maximum Gasteiger partial charge on any atom is 0.335 e. The lowest BCUT2D eigenvalue weighted by Crippen LogP contribution is -2.36. The Balaban J connectivity index is 1.72. The van der Waals surface area contributed by atoms with Crippen molar-refractivity contribution in [1.82, 2.24) is 5.32 Å². The van der Waals surface area contributed by atoms with Gasteiger partial charge in [0, 0.05) is 17.5 Å². The van der Waals surface area contributed by atoms with Crippen molar-refractivity contribution in [2.45, 2.75) is 31.2 Å². The number of rotatable bonds is 4. The molecule has 0 heterocycles. The summed E-state index contributed by atoms with van der Waals surface area (Å²) in [7, 11) is 0. The first-order valence-corrected chi connectivity index (χ1v) is 7.84. The van der Waals surface area contributed by atoms with E-state index < -0.39 is 5.97 Å². The third-order valence-corrected chi connectivity index (χ3v) is 4.45. The molecule has 1 saturated carbocycles. The Labute approximate surface area is 135 Å². The zero-order valence-electron chi connectivity index (χ0n) is 12.7. The topological polar surface area (TPSA) is 66.4 Å². The third-order valence-electron chi connectivity index (χ3n) is 4.45. The molecule has 0 aromatic heterocycles. The minimum atomic E-state index is -0.920. The highest BCUT2D eigenvalue weighted by Crippen LogP contribution is 2.34. The van der Waals surface area contributed by atoms with E-state index in [1.807, 2.05) is 30.3 Å². The van der Waals surface area contributed by atoms with Gasteiger partial charge in [0.2, 0.25) is 0 Å². The summed E-state index contributed by atoms with van der Waals surface area (Å²) in [5.74, 6) is -0.730. The molecule has 0 saturated heterocycles. The zero-order chi connectivity index (χ0) is 16.2. The molecule has 23 heavy (non-hydrogen) atoms. The molecule has 2 aromatic carbocycles. The number of hydrogen-bond acceptors (Lipinski definition) is 2. The predicted molar refractivity (Wildman–Crippen MR) is 87.7 cm³/mol. The highest BCUT2D eigenvalue weighted by molar-refractivity contribution is 5.94. The first-order valence-electron chi connectivity index (χ1n) is 7.84. The van der Waals surface area contributed by atoms with Crippen LogP contribution in [0.15, 0.2) is 54.6 Å². The number of carbonyl (C=O) groups excluding carboxylic acids is 1. The van der Waals surface area contributed by atoms with Crippen LogP contribution < -0.4 is 5.32 Å². The average Bonchev–Trinajstić information content (AvgIpc) is 3.04. The number of carbonyl (C=O) groups is 2. The van der Waals surface area contributed by atoms with Gasteiger partial charge in [0.05, 0.1) is 5.56 Å². The van der Waals surface area contributed by atoms with Crippen molar-refractivity contribution in [3.63, 3.8) is 0 Å². The fourth-order valence-corrected chi connectivity index (χ4v) is 3.25. The zero-order valence-corrected chi connectivity index (χ0v) is 12.7. The molecular formula is C19H19NO3. The van der Waals surface area contributed by atoms with Crippen molar-refractivity contribution in [2.75, 3.05) is 0 Å². The monoisotopic (exact) mass is 309 g/mol. The molecule has 0 spiro atoms. The van der Waals surface area contributed by atoms with Crippen LogP contribution in [-0.2, 0) is 0 Å². The van der Waals surface area contributed by atoms with E-state index in [1.54, 1.807) is 24.3 Å². The second-order valence-corrected chi connectivity index (χ2v) is 5.91. The van der Waals surface area contributed by atoms with Crippen molar-refractivity contribution in [2.24, 2.45) is 0 Å². The Morgan fingerprint density at radius 3 is 2.26 bits per heavy atom. The van der Waals surface area contributed by atoms with Crippen molar-refractivity contribution in [3.05, 3.63) is 71.3 Å². The summed E-state index contributed by atoms with van der Waals surface area (Å²) in [6.45, 7) is 0. The van der Waals surface area contributed by atoms with Crippen molar-refractivity contribution >= 4 is 11.9 Å². The molecular weight excluding hydrogens is 290 g/mol. The fourth-order valence-electron chi connectivity index (χ4n) is 3.25. The molecule has 1 aliphatic carbocycles. The van der Waals surface area contributed by atoms with Crippen molar-refractivity contribution in [1.29, 1.82) is 0 Å². The van der Waals surface area contributed by atoms with E-state index in [1.165, 1.54) is 0 Å². The Hall–Kier alpha value is -2.62. The van der Waals surface area contributed by atoms with Gasteiger partial charge in [-0.2, -0.15) is 0 Å². The highest BCUT2D eigenvalue weighted by Gasteiger charge is 2.30. The molecule has 4 nitrogen and oxygen atoms in total. The summed E-state index contributed by atoms with van der Waals surface area (Å²) in [6.07, 6.45) is 3.02. The van der Waals surface area contributed by atoms with Crippen LogP contribution >= 0.6 is 0 Å². The normalized spacial score (nSPS) is 20.2. The highest BCUT2D eigenvalue weighted by atomic mass is 16.4. The van der Waals surface area contributed by atoms with E-state index in [-0.39, 0.29) is 23.4 Å². The summed E-state index contributed by atoms with van der Waals surface area (Å²) < 4.78 is 0. The van der Waals surface area contributed by atoms with Crippen LogP contribution in [0.2, 0.25) is 0 Å². The lowest BCUT2D eigenvalue weighted by Gasteiger charge is -2.21. The van der Waals surface area contributed by atoms with E-state index in [0.29, 0.717) is 5.56 Å². The lowest BCUT2D eigenvalue weighted by atomic mass is 9.93. The van der Waals surface area contributed by atoms with E-state index in [0.717, 1.165) is 24.8 Å². The van der Waals surface area contributed by atoms with E-state index in [4.69, 9.17) is 5.11 Å². The Morgan fingerprint density at radius 2 is 1.61 bits per heavy atom. The molecule has 2 atom stereocenters. The van der Waals surface area contributed by atoms with Gasteiger partial charge >= 0.3 is 5.97 Å². The van der Waals surface area contributed by atoms with E-state index in [2.05, 4.69) is 5.32 Å². The van der Waals surface area contributed by atoms with Crippen LogP contribution in [0.4, 0.5) is 0 Å². The number of carboxylic acid groups (broad SMARTS) is 1. The average molecular weight is 309 g/mol. The molecule has 2 aromatic rings. The summed E-state index contributed by atoms with van der Waals surface area (Å²) in [4.78, 5) is 23.3. The number of benzene rings is 2. The summed E-state index contributed by atoms with van der Waals surface area (Å²) >= 11 is 0. The maximum atomic E-state index is 12.3. The molecule has 1 amide bonds. The Bertz CT molecular complexity index is 694.